The van der Waals surface area contributed by atoms with Crippen LogP contribution in [0.4, 0.5) is 0 Å². The fourth-order valence-corrected chi connectivity index (χ4v) is 4.49. The zero-order chi connectivity index (χ0) is 17.9. The number of hydrogen-bond acceptors (Lipinski definition) is 2. The van der Waals surface area contributed by atoms with Gasteiger partial charge in [0.05, 0.1) is 5.70 Å². The number of rotatable bonds is 2. The van der Waals surface area contributed by atoms with Crippen LogP contribution in [-0.4, -0.2) is 10.7 Å². The van der Waals surface area contributed by atoms with Crippen LogP contribution in [0.2, 0.25) is 0 Å². The molecule has 0 spiro atoms. The molecule has 1 unspecified atom stereocenters. The number of allylic oxidation sites excluding steroid dienone is 5. The second-order valence-electron chi connectivity index (χ2n) is 6.34. The summed E-state index contributed by atoms with van der Waals surface area (Å²) in [5, 5.41) is 0. The summed E-state index contributed by atoms with van der Waals surface area (Å²) >= 11 is 1.53. The molecule has 1 aromatic carbocycles. The molecule has 1 aromatic heterocycles. The van der Waals surface area contributed by atoms with Crippen molar-refractivity contribution in [1.82, 2.24) is 4.98 Å². The molecule has 2 aromatic rings. The summed E-state index contributed by atoms with van der Waals surface area (Å²) in [4.78, 5) is 8.83. The van der Waals surface area contributed by atoms with Crippen LogP contribution in [0.25, 0.3) is 11.6 Å². The van der Waals surface area contributed by atoms with Crippen LogP contribution in [0.15, 0.2) is 89.2 Å². The number of aromatic nitrogens is 1. The van der Waals surface area contributed by atoms with Crippen molar-refractivity contribution in [2.24, 2.45) is 4.99 Å². The van der Waals surface area contributed by atoms with Gasteiger partial charge in [-0.05, 0) is 18.6 Å². The van der Waals surface area contributed by atoms with E-state index in [-0.39, 0.29) is 24.8 Å². The molecule has 3 aliphatic rings. The Morgan fingerprint density at radius 1 is 1.00 bits per heavy atom. The summed E-state index contributed by atoms with van der Waals surface area (Å²) in [6, 6.07) is 14.7. The number of nitrogens with zero attached hydrogens (tertiary/aromatic N) is 2. The molecule has 2 aliphatic carbocycles. The SMILES string of the molecule is CCC1=NC2=CC=CC2=C1.[Cl-].[Cl-].[Zr+2][CH]1C(c2ccccn2)=Cc2ccccc21. The van der Waals surface area contributed by atoms with Gasteiger partial charge >= 0.3 is 110 Å². The Bertz CT molecular complexity index is 989. The molecule has 1 aliphatic heterocycles. The maximum absolute atomic E-state index is 4.44. The van der Waals surface area contributed by atoms with Gasteiger partial charge in [0.2, 0.25) is 0 Å². The molecular weight excluding hydrogens is 466 g/mol. The Hall–Kier alpha value is -1.54. The van der Waals surface area contributed by atoms with Gasteiger partial charge in [0, 0.05) is 11.3 Å². The van der Waals surface area contributed by atoms with E-state index in [4.69, 9.17) is 0 Å². The third-order valence-electron chi connectivity index (χ3n) is 4.66. The molecule has 5 rings (SSSR count). The molecule has 2 nitrogen and oxygen atoms in total. The van der Waals surface area contributed by atoms with E-state index in [1.807, 2.05) is 18.3 Å². The van der Waals surface area contributed by atoms with Crippen LogP contribution in [0.1, 0.15) is 33.8 Å². The van der Waals surface area contributed by atoms with Gasteiger partial charge in [-0.25, -0.2) is 0 Å². The molecule has 0 saturated heterocycles. The third kappa shape index (κ3) is 4.71. The molecule has 0 fully saturated rings. The standard InChI is InChI=1S/C14H10N.C9H9N.2ClH.Zr/c1-2-6-12-10-13(9-11(12)5-1)14-7-3-4-8-15-14;1-2-8-6-7-4-3-5-9(7)10-8;;;/h1-10H;3-6H,2H2,1H3;2*1H;/q;;;;+2/p-2. The number of fused-ring (bicyclic) bond motifs is 2. The topological polar surface area (TPSA) is 25.2 Å². The molecule has 0 radical (unpaired) electrons. The second kappa shape index (κ2) is 10.3. The quantitative estimate of drug-likeness (QED) is 0.562. The monoisotopic (exact) mass is 483 g/mol. The Kier molecular flexibility index (Phi) is 8.37. The minimum absolute atomic E-state index is 0. The van der Waals surface area contributed by atoms with Gasteiger partial charge in [0.1, 0.15) is 0 Å². The number of hydrogen-bond donors (Lipinski definition) is 0. The maximum atomic E-state index is 4.44. The van der Waals surface area contributed by atoms with Crippen LogP contribution in [-0.2, 0) is 24.7 Å². The zero-order valence-corrected chi connectivity index (χ0v) is 19.4. The number of pyridine rings is 1. The fourth-order valence-electron chi connectivity index (χ4n) is 3.27. The summed E-state index contributed by atoms with van der Waals surface area (Å²) in [6.07, 6.45) is 13.5. The molecule has 2 heterocycles. The van der Waals surface area contributed by atoms with Gasteiger partial charge in [0.15, 0.2) is 0 Å². The van der Waals surface area contributed by atoms with E-state index in [2.05, 4.69) is 77.6 Å². The first-order valence-corrected chi connectivity index (χ1v) is 10.3. The van der Waals surface area contributed by atoms with E-state index in [0.717, 1.165) is 17.8 Å². The molecule has 139 valence electrons. The zero-order valence-electron chi connectivity index (χ0n) is 15.4. The van der Waals surface area contributed by atoms with Crippen LogP contribution in [0.3, 0.4) is 0 Å². The third-order valence-corrected chi connectivity index (χ3v) is 6.19. The van der Waals surface area contributed by atoms with Gasteiger partial charge in [-0.1, -0.05) is 19.1 Å². The second-order valence-corrected chi connectivity index (χ2v) is 7.76. The van der Waals surface area contributed by atoms with E-state index < -0.39 is 0 Å². The average Bonchev–Trinajstić information content (AvgIpc) is 3.37. The van der Waals surface area contributed by atoms with Crippen LogP contribution >= 0.6 is 0 Å². The molecule has 28 heavy (non-hydrogen) atoms. The normalized spacial score (nSPS) is 17.6. The minimum atomic E-state index is 0. The predicted octanol–water partition coefficient (Wildman–Crippen LogP) is -0.537. The van der Waals surface area contributed by atoms with E-state index in [0.29, 0.717) is 3.63 Å². The summed E-state index contributed by atoms with van der Waals surface area (Å²) in [5.41, 5.74) is 8.88. The molecule has 1 atom stereocenters. The van der Waals surface area contributed by atoms with Crippen molar-refractivity contribution in [2.45, 2.75) is 17.0 Å². The van der Waals surface area contributed by atoms with E-state index in [1.54, 1.807) is 0 Å². The van der Waals surface area contributed by atoms with Crippen molar-refractivity contribution < 1.29 is 49.5 Å². The Morgan fingerprint density at radius 3 is 2.46 bits per heavy atom. The molecule has 0 amide bonds. The molecule has 0 bridgehead atoms. The van der Waals surface area contributed by atoms with Gasteiger partial charge in [-0.15, -0.1) is 0 Å². The van der Waals surface area contributed by atoms with Crippen molar-refractivity contribution in [2.75, 3.05) is 0 Å². The molecule has 0 N–H and O–H groups in total. The summed E-state index contributed by atoms with van der Waals surface area (Å²) in [5.74, 6) is 0. The number of aliphatic imine (C=N–C) groups is 1. The molecule has 5 heteroatoms. The molecule has 0 saturated carbocycles. The van der Waals surface area contributed by atoms with Crippen molar-refractivity contribution in [3.8, 4) is 0 Å². The van der Waals surface area contributed by atoms with E-state index in [1.165, 1.54) is 52.7 Å². The van der Waals surface area contributed by atoms with Gasteiger partial charge in [-0.3, -0.25) is 4.99 Å². The average molecular weight is 486 g/mol. The van der Waals surface area contributed by atoms with Crippen molar-refractivity contribution in [1.29, 1.82) is 0 Å². The van der Waals surface area contributed by atoms with Gasteiger partial charge < -0.3 is 24.8 Å². The molecular formula is C23H19Cl2N2Zr. The van der Waals surface area contributed by atoms with E-state index >= 15 is 0 Å². The fraction of sp³-hybridized carbons (Fsp3) is 0.130. The van der Waals surface area contributed by atoms with Crippen LogP contribution in [0.5, 0.6) is 0 Å². The number of benzene rings is 1. The first-order chi connectivity index (χ1) is 12.8. The van der Waals surface area contributed by atoms with Gasteiger partial charge in [-0.2, -0.15) is 0 Å². The first kappa shape index (κ1) is 22.7. The summed E-state index contributed by atoms with van der Waals surface area (Å²) in [6.45, 7) is 2.13. The van der Waals surface area contributed by atoms with Crippen molar-refractivity contribution in [3.63, 3.8) is 0 Å². The number of halogens is 2. The van der Waals surface area contributed by atoms with Gasteiger partial charge in [0.25, 0.3) is 0 Å². The first-order valence-electron chi connectivity index (χ1n) is 8.87. The van der Waals surface area contributed by atoms with E-state index in [9.17, 15) is 0 Å². The van der Waals surface area contributed by atoms with Crippen LogP contribution < -0.4 is 24.8 Å². The van der Waals surface area contributed by atoms with Crippen molar-refractivity contribution in [3.05, 3.63) is 101 Å². The van der Waals surface area contributed by atoms with Crippen molar-refractivity contribution >= 4 is 17.4 Å². The predicted molar refractivity (Wildman–Crippen MR) is 104 cm³/mol. The van der Waals surface area contributed by atoms with Crippen LogP contribution in [0, 0.1) is 0 Å². The Balaban J connectivity index is 0.000000204. The Labute approximate surface area is 193 Å². The summed E-state index contributed by atoms with van der Waals surface area (Å²) < 4.78 is 0.540. The summed E-state index contributed by atoms with van der Waals surface area (Å²) in [7, 11) is 0. The Morgan fingerprint density at radius 2 is 1.79 bits per heavy atom.